The minimum atomic E-state index is -0.737. The molecule has 1 saturated heterocycles. The van der Waals surface area contributed by atoms with Crippen molar-refractivity contribution in [2.45, 2.75) is 12.3 Å². The van der Waals surface area contributed by atoms with E-state index in [4.69, 9.17) is 32.9 Å². The first kappa shape index (κ1) is 29.1. The van der Waals surface area contributed by atoms with Crippen LogP contribution in [0.25, 0.3) is 39.3 Å². The molecule has 1 aliphatic heterocycles. The molecule has 7 rings (SSSR count). The summed E-state index contributed by atoms with van der Waals surface area (Å²) in [6.45, 7) is 2.00. The minimum Gasteiger partial charge on any atom is -0.497 e. The highest BCUT2D eigenvalue weighted by atomic mass is 35.5. The number of hydrogen-bond acceptors (Lipinski definition) is 6. The third kappa shape index (κ3) is 5.35. The Morgan fingerprint density at radius 1 is 0.867 bits per heavy atom. The van der Waals surface area contributed by atoms with Crippen molar-refractivity contribution in [1.29, 1.82) is 0 Å². The molecule has 0 saturated carbocycles. The molecule has 45 heavy (non-hydrogen) atoms. The van der Waals surface area contributed by atoms with Crippen molar-refractivity contribution >= 4 is 68.8 Å². The van der Waals surface area contributed by atoms with Crippen LogP contribution in [0.5, 0.6) is 5.75 Å². The molecule has 0 spiro atoms. The lowest BCUT2D eigenvalue weighted by molar-refractivity contribution is -0.115. The summed E-state index contributed by atoms with van der Waals surface area (Å²) in [6.07, 6.45) is 1.80. The van der Waals surface area contributed by atoms with Crippen LogP contribution < -0.4 is 15.3 Å². The number of thioether (sulfide) groups is 1. The molecule has 222 valence electrons. The van der Waals surface area contributed by atoms with Crippen molar-refractivity contribution in [3.05, 3.63) is 139 Å². The first-order valence-electron chi connectivity index (χ1n) is 14.0. The number of benzene rings is 4. The molecule has 0 bridgehead atoms. The van der Waals surface area contributed by atoms with Crippen LogP contribution in [0, 0.1) is 6.92 Å². The zero-order valence-electron chi connectivity index (χ0n) is 24.1. The second-order valence-electron chi connectivity index (χ2n) is 10.5. The van der Waals surface area contributed by atoms with Gasteiger partial charge in [-0.3, -0.25) is 9.59 Å². The number of para-hydroxylation sites is 1. The molecule has 10 heteroatoms. The maximum absolute atomic E-state index is 14.5. The molecule has 1 atom stereocenters. The summed E-state index contributed by atoms with van der Waals surface area (Å²) in [6, 6.07) is 29.3. The average Bonchev–Trinajstić information content (AvgIpc) is 3.36. The Morgan fingerprint density at radius 2 is 1.62 bits per heavy atom. The maximum Gasteiger partial charge on any atom is 0.280 e. The number of methoxy groups -OCH3 is 1. The molecule has 6 aromatic rings. The van der Waals surface area contributed by atoms with E-state index in [0.29, 0.717) is 43.5 Å². The second kappa shape index (κ2) is 11.7. The van der Waals surface area contributed by atoms with E-state index in [9.17, 15) is 9.59 Å². The quantitative estimate of drug-likeness (QED) is 0.138. The number of ether oxygens (including phenoxy) is 1. The predicted octanol–water partition coefficient (Wildman–Crippen LogP) is 8.19. The smallest absolute Gasteiger partial charge is 0.280 e. The molecule has 0 radical (unpaired) electrons. The van der Waals surface area contributed by atoms with Crippen molar-refractivity contribution in [2.75, 3.05) is 12.1 Å². The Bertz CT molecular complexity index is 2220. The van der Waals surface area contributed by atoms with Gasteiger partial charge in [0.1, 0.15) is 16.3 Å². The lowest BCUT2D eigenvalue weighted by Crippen LogP contribution is -2.46. The predicted molar refractivity (Wildman–Crippen MR) is 182 cm³/mol. The van der Waals surface area contributed by atoms with Crippen LogP contribution >= 0.6 is 35.0 Å². The van der Waals surface area contributed by atoms with Crippen molar-refractivity contribution in [1.82, 2.24) is 14.6 Å². The van der Waals surface area contributed by atoms with E-state index in [1.165, 1.54) is 21.4 Å². The summed E-state index contributed by atoms with van der Waals surface area (Å²) in [5, 5.41) is 2.72. The first-order chi connectivity index (χ1) is 21.8. The Hall–Kier alpha value is -4.63. The SMILES string of the molecule is COc1ccc(C=C2SC(c3cc4cc(C)ccc4nc3Cl)N(n3c(-c4ccc(Cl)cc4)nc4ccccc4c3=O)C2=O)cc1. The van der Waals surface area contributed by atoms with E-state index in [-0.39, 0.29) is 11.1 Å². The summed E-state index contributed by atoms with van der Waals surface area (Å²) < 4.78 is 6.66. The van der Waals surface area contributed by atoms with Crippen LogP contribution in [-0.4, -0.2) is 27.7 Å². The number of fused-ring (bicyclic) bond motifs is 2. The lowest BCUT2D eigenvalue weighted by atomic mass is 10.1. The summed E-state index contributed by atoms with van der Waals surface area (Å²) >= 11 is 14.4. The van der Waals surface area contributed by atoms with E-state index < -0.39 is 10.9 Å². The Morgan fingerprint density at radius 3 is 2.38 bits per heavy atom. The first-order valence-corrected chi connectivity index (χ1v) is 15.6. The molecule has 0 aliphatic carbocycles. The number of hydrogen-bond donors (Lipinski definition) is 0. The number of carbonyl (C=O) groups excluding carboxylic acids is 1. The van der Waals surface area contributed by atoms with Crippen LogP contribution in [0.4, 0.5) is 0 Å². The van der Waals surface area contributed by atoms with E-state index in [2.05, 4.69) is 4.98 Å². The normalized spacial score (nSPS) is 15.8. The number of pyridine rings is 1. The summed E-state index contributed by atoms with van der Waals surface area (Å²) in [4.78, 5) is 38.9. The van der Waals surface area contributed by atoms with Crippen molar-refractivity contribution in [2.24, 2.45) is 0 Å². The Labute approximate surface area is 272 Å². The van der Waals surface area contributed by atoms with Crippen molar-refractivity contribution in [3.8, 4) is 17.1 Å². The molecule has 1 fully saturated rings. The average molecular weight is 652 g/mol. The topological polar surface area (TPSA) is 77.3 Å². The number of amides is 1. The van der Waals surface area contributed by atoms with Gasteiger partial charge in [0.15, 0.2) is 5.82 Å². The maximum atomic E-state index is 14.5. The third-order valence-corrected chi connectivity index (χ3v) is 9.36. The van der Waals surface area contributed by atoms with Gasteiger partial charge in [-0.15, -0.1) is 0 Å². The standard InChI is InChI=1S/C35H24Cl2N4O3S/c1-20-7-16-28-23(17-20)19-27(31(37)38-28)35-41(34(43)30(45-35)18-21-8-14-25(44-2)15-9-21)40-32(22-10-12-24(36)13-11-22)39-29-6-4-3-5-26(29)33(40)42/h3-19,35H,1-2H3. The van der Waals surface area contributed by atoms with Gasteiger partial charge in [0, 0.05) is 21.5 Å². The van der Waals surface area contributed by atoms with Crippen molar-refractivity contribution in [3.63, 3.8) is 0 Å². The van der Waals surface area contributed by atoms with Crippen LogP contribution in [0.2, 0.25) is 10.2 Å². The summed E-state index contributed by atoms with van der Waals surface area (Å²) in [7, 11) is 1.60. The van der Waals surface area contributed by atoms with Gasteiger partial charge in [-0.2, -0.15) is 4.68 Å². The van der Waals surface area contributed by atoms with Crippen LogP contribution in [0.15, 0.2) is 107 Å². The van der Waals surface area contributed by atoms with Gasteiger partial charge in [0.05, 0.1) is 28.4 Å². The Kier molecular flexibility index (Phi) is 7.57. The molecule has 2 aromatic heterocycles. The van der Waals surface area contributed by atoms with Gasteiger partial charge in [-0.05, 0) is 85.3 Å². The number of rotatable bonds is 5. The molecule has 1 amide bonds. The minimum absolute atomic E-state index is 0.238. The number of nitrogens with zero attached hydrogens (tertiary/aromatic N) is 4. The number of carbonyl (C=O) groups is 1. The van der Waals surface area contributed by atoms with Gasteiger partial charge < -0.3 is 4.74 Å². The van der Waals surface area contributed by atoms with Crippen LogP contribution in [-0.2, 0) is 4.79 Å². The molecule has 1 aliphatic rings. The molecular weight excluding hydrogens is 627 g/mol. The van der Waals surface area contributed by atoms with Gasteiger partial charge >= 0.3 is 0 Å². The fraction of sp³-hybridized carbons (Fsp3) is 0.0857. The molecule has 3 heterocycles. The van der Waals surface area contributed by atoms with Crippen LogP contribution in [0.3, 0.4) is 0 Å². The zero-order valence-corrected chi connectivity index (χ0v) is 26.4. The lowest BCUT2D eigenvalue weighted by Gasteiger charge is -2.28. The van der Waals surface area contributed by atoms with Gasteiger partial charge in [0.25, 0.3) is 11.5 Å². The highest BCUT2D eigenvalue weighted by Crippen LogP contribution is 2.47. The molecule has 7 nitrogen and oxygen atoms in total. The highest BCUT2D eigenvalue weighted by Gasteiger charge is 2.42. The molecule has 4 aromatic carbocycles. The summed E-state index contributed by atoms with van der Waals surface area (Å²) in [5.41, 5.74) is 3.91. The van der Waals surface area contributed by atoms with E-state index in [0.717, 1.165) is 22.0 Å². The van der Waals surface area contributed by atoms with Crippen LogP contribution in [0.1, 0.15) is 22.1 Å². The fourth-order valence-electron chi connectivity index (χ4n) is 5.35. The molecule has 0 N–H and O–H groups in total. The monoisotopic (exact) mass is 650 g/mol. The fourth-order valence-corrected chi connectivity index (χ4v) is 7.02. The number of aromatic nitrogens is 3. The van der Waals surface area contributed by atoms with Gasteiger partial charge in [0.2, 0.25) is 0 Å². The Balaban J connectivity index is 1.49. The number of aryl methyl sites for hydroxylation is 1. The third-order valence-electron chi connectivity index (χ3n) is 7.58. The van der Waals surface area contributed by atoms with E-state index >= 15 is 0 Å². The van der Waals surface area contributed by atoms with Gasteiger partial charge in [-0.25, -0.2) is 15.0 Å². The van der Waals surface area contributed by atoms with E-state index in [1.807, 2.05) is 61.5 Å². The largest absolute Gasteiger partial charge is 0.497 e. The van der Waals surface area contributed by atoms with E-state index in [1.54, 1.807) is 55.7 Å². The second-order valence-corrected chi connectivity index (χ2v) is 12.5. The summed E-state index contributed by atoms with van der Waals surface area (Å²) in [5.74, 6) is 0.615. The van der Waals surface area contributed by atoms with Gasteiger partial charge in [-0.1, -0.05) is 70.9 Å². The number of halogens is 2. The zero-order chi connectivity index (χ0) is 31.2. The van der Waals surface area contributed by atoms with Crippen molar-refractivity contribution < 1.29 is 9.53 Å². The molecular formula is C35H24Cl2N4O3S. The highest BCUT2D eigenvalue weighted by molar-refractivity contribution is 8.05. The molecule has 1 unspecified atom stereocenters.